The van der Waals surface area contributed by atoms with Crippen molar-refractivity contribution in [2.24, 2.45) is 0 Å². The molecule has 0 atom stereocenters. The zero-order valence-electron chi connectivity index (χ0n) is 11.2. The first kappa shape index (κ1) is 15.7. The molecule has 21 heavy (non-hydrogen) atoms. The highest BCUT2D eigenvalue weighted by Crippen LogP contribution is 2.18. The van der Waals surface area contributed by atoms with Crippen LogP contribution in [0.15, 0.2) is 57.9 Å². The third-order valence-electron chi connectivity index (χ3n) is 2.89. The van der Waals surface area contributed by atoms with Crippen LogP contribution in [0, 0.1) is 0 Å². The minimum atomic E-state index is -3.66. The molecule has 2 aromatic rings. The fraction of sp³-hybridized carbons (Fsp3) is 0.133. The monoisotopic (exact) mass is 368 g/mol. The maximum Gasteiger partial charge on any atom is 0.185 e. The minimum absolute atomic E-state index is 0.127. The van der Waals surface area contributed by atoms with Gasteiger partial charge in [0.25, 0.3) is 0 Å². The highest BCUT2D eigenvalue weighted by Gasteiger charge is 2.20. The SMILES string of the molecule is COc1cccc(C(=O)CS(=O)(=O)c2ccc(Br)cc2)c1. The van der Waals surface area contributed by atoms with E-state index in [9.17, 15) is 13.2 Å². The molecule has 0 spiro atoms. The number of ketones is 1. The molecule has 0 N–H and O–H groups in total. The number of carbonyl (C=O) groups excluding carboxylic acids is 1. The van der Waals surface area contributed by atoms with Gasteiger partial charge in [0.2, 0.25) is 0 Å². The number of hydrogen-bond donors (Lipinski definition) is 0. The molecule has 0 heterocycles. The van der Waals surface area contributed by atoms with Crippen LogP contribution in [0.2, 0.25) is 0 Å². The molecule has 0 saturated carbocycles. The first-order valence-electron chi connectivity index (χ1n) is 6.08. The molecule has 0 fully saturated rings. The lowest BCUT2D eigenvalue weighted by Crippen LogP contribution is -2.16. The summed E-state index contributed by atoms with van der Waals surface area (Å²) in [6.45, 7) is 0. The van der Waals surface area contributed by atoms with Crippen LogP contribution >= 0.6 is 15.9 Å². The quantitative estimate of drug-likeness (QED) is 0.760. The lowest BCUT2D eigenvalue weighted by molar-refractivity contribution is 0.102. The van der Waals surface area contributed by atoms with Crippen molar-refractivity contribution in [1.29, 1.82) is 0 Å². The molecule has 110 valence electrons. The Morgan fingerprint density at radius 1 is 1.14 bits per heavy atom. The number of benzene rings is 2. The summed E-state index contributed by atoms with van der Waals surface area (Å²) in [6, 6.07) is 12.6. The number of hydrogen-bond acceptors (Lipinski definition) is 4. The predicted octanol–water partition coefficient (Wildman–Crippen LogP) is 3.11. The highest BCUT2D eigenvalue weighted by atomic mass is 79.9. The fourth-order valence-corrected chi connectivity index (χ4v) is 3.27. The van der Waals surface area contributed by atoms with Gasteiger partial charge in [0.1, 0.15) is 11.5 Å². The Morgan fingerprint density at radius 2 is 1.81 bits per heavy atom. The van der Waals surface area contributed by atoms with Crippen molar-refractivity contribution >= 4 is 31.6 Å². The average Bonchev–Trinajstić information content (AvgIpc) is 2.47. The topological polar surface area (TPSA) is 60.4 Å². The summed E-state index contributed by atoms with van der Waals surface area (Å²) >= 11 is 3.24. The zero-order chi connectivity index (χ0) is 15.5. The van der Waals surface area contributed by atoms with Crippen molar-refractivity contribution in [3.63, 3.8) is 0 Å². The standard InChI is InChI=1S/C15H13BrO4S/c1-20-13-4-2-3-11(9-13)15(17)10-21(18,19)14-7-5-12(16)6-8-14/h2-9H,10H2,1H3. The molecular weight excluding hydrogens is 356 g/mol. The molecule has 0 aliphatic heterocycles. The van der Waals surface area contributed by atoms with E-state index in [2.05, 4.69) is 15.9 Å². The first-order chi connectivity index (χ1) is 9.92. The molecule has 0 bridgehead atoms. The number of rotatable bonds is 5. The van der Waals surface area contributed by atoms with E-state index >= 15 is 0 Å². The van der Waals surface area contributed by atoms with Gasteiger partial charge < -0.3 is 4.74 Å². The Hall–Kier alpha value is -1.66. The molecule has 0 saturated heterocycles. The van der Waals surface area contributed by atoms with Crippen molar-refractivity contribution in [3.05, 3.63) is 58.6 Å². The Kier molecular flexibility index (Phi) is 4.80. The van der Waals surface area contributed by atoms with Crippen LogP contribution in [0.3, 0.4) is 0 Å². The molecule has 0 amide bonds. The molecule has 0 aromatic heterocycles. The van der Waals surface area contributed by atoms with E-state index in [1.54, 1.807) is 30.3 Å². The van der Waals surface area contributed by atoms with Gasteiger partial charge in [-0.3, -0.25) is 4.79 Å². The second kappa shape index (κ2) is 6.41. The molecule has 6 heteroatoms. The van der Waals surface area contributed by atoms with Crippen LogP contribution in [0.1, 0.15) is 10.4 Å². The van der Waals surface area contributed by atoms with Gasteiger partial charge in [0.15, 0.2) is 15.6 Å². The number of halogens is 1. The summed E-state index contributed by atoms with van der Waals surface area (Å²) in [5.41, 5.74) is 0.315. The molecule has 0 aliphatic carbocycles. The molecular formula is C15H13BrO4S. The smallest absolute Gasteiger partial charge is 0.185 e. The van der Waals surface area contributed by atoms with Crippen LogP contribution in [-0.2, 0) is 9.84 Å². The molecule has 4 nitrogen and oxygen atoms in total. The van der Waals surface area contributed by atoms with Crippen molar-refractivity contribution in [3.8, 4) is 5.75 Å². The second-order valence-corrected chi connectivity index (χ2v) is 7.27. The molecule has 0 radical (unpaired) electrons. The summed E-state index contributed by atoms with van der Waals surface area (Å²) in [7, 11) is -2.17. The Bertz CT molecular complexity index is 751. The Morgan fingerprint density at radius 3 is 2.43 bits per heavy atom. The fourth-order valence-electron chi connectivity index (χ4n) is 1.78. The van der Waals surface area contributed by atoms with E-state index in [0.717, 1.165) is 4.47 Å². The van der Waals surface area contributed by atoms with Gasteiger partial charge in [-0.15, -0.1) is 0 Å². The van der Waals surface area contributed by atoms with Crippen molar-refractivity contribution < 1.29 is 17.9 Å². The van der Waals surface area contributed by atoms with Crippen molar-refractivity contribution in [2.45, 2.75) is 4.90 Å². The lowest BCUT2D eigenvalue weighted by atomic mass is 10.1. The number of methoxy groups -OCH3 is 1. The maximum atomic E-state index is 12.2. The van der Waals surface area contributed by atoms with E-state index in [1.165, 1.54) is 25.3 Å². The van der Waals surface area contributed by atoms with E-state index in [4.69, 9.17) is 4.74 Å². The van der Waals surface area contributed by atoms with Crippen molar-refractivity contribution in [1.82, 2.24) is 0 Å². The third-order valence-corrected chi connectivity index (χ3v) is 5.05. The highest BCUT2D eigenvalue weighted by molar-refractivity contribution is 9.10. The lowest BCUT2D eigenvalue weighted by Gasteiger charge is -2.06. The normalized spacial score (nSPS) is 11.1. The van der Waals surface area contributed by atoms with Crippen LogP contribution in [0.25, 0.3) is 0 Å². The number of Topliss-reactive ketones (excluding diaryl/α,β-unsaturated/α-hetero) is 1. The van der Waals surface area contributed by atoms with Crippen LogP contribution < -0.4 is 4.74 Å². The molecule has 2 rings (SSSR count). The van der Waals surface area contributed by atoms with Crippen LogP contribution in [0.5, 0.6) is 5.75 Å². The Balaban J connectivity index is 2.23. The number of ether oxygens (including phenoxy) is 1. The Labute approximate surface area is 131 Å². The van der Waals surface area contributed by atoms with E-state index in [-0.39, 0.29) is 4.90 Å². The van der Waals surface area contributed by atoms with E-state index in [0.29, 0.717) is 11.3 Å². The summed E-state index contributed by atoms with van der Waals surface area (Å²) in [6.07, 6.45) is 0. The minimum Gasteiger partial charge on any atom is -0.497 e. The number of carbonyl (C=O) groups is 1. The molecule has 0 aliphatic rings. The summed E-state index contributed by atoms with van der Waals surface area (Å²) < 4.78 is 30.2. The van der Waals surface area contributed by atoms with Gasteiger partial charge in [-0.25, -0.2) is 8.42 Å². The van der Waals surface area contributed by atoms with Gasteiger partial charge in [0, 0.05) is 10.0 Å². The molecule has 0 unspecified atom stereocenters. The average molecular weight is 369 g/mol. The van der Waals surface area contributed by atoms with Gasteiger partial charge in [-0.05, 0) is 36.4 Å². The molecule has 2 aromatic carbocycles. The van der Waals surface area contributed by atoms with Crippen LogP contribution in [0.4, 0.5) is 0 Å². The first-order valence-corrected chi connectivity index (χ1v) is 8.52. The zero-order valence-corrected chi connectivity index (χ0v) is 13.6. The summed E-state index contributed by atoms with van der Waals surface area (Å²) in [4.78, 5) is 12.3. The largest absolute Gasteiger partial charge is 0.497 e. The van der Waals surface area contributed by atoms with E-state index < -0.39 is 21.4 Å². The van der Waals surface area contributed by atoms with Gasteiger partial charge >= 0.3 is 0 Å². The number of sulfone groups is 1. The van der Waals surface area contributed by atoms with E-state index in [1.807, 2.05) is 0 Å². The van der Waals surface area contributed by atoms with Gasteiger partial charge in [-0.2, -0.15) is 0 Å². The third kappa shape index (κ3) is 3.92. The maximum absolute atomic E-state index is 12.2. The van der Waals surface area contributed by atoms with Crippen molar-refractivity contribution in [2.75, 3.05) is 12.9 Å². The summed E-state index contributed by atoms with van der Waals surface area (Å²) in [5.74, 6) is -0.513. The van der Waals surface area contributed by atoms with Gasteiger partial charge in [0.05, 0.1) is 12.0 Å². The van der Waals surface area contributed by atoms with Crippen LogP contribution in [-0.4, -0.2) is 27.1 Å². The predicted molar refractivity (Wildman–Crippen MR) is 83.5 cm³/mol. The van der Waals surface area contributed by atoms with Gasteiger partial charge in [-0.1, -0.05) is 28.1 Å². The second-order valence-electron chi connectivity index (χ2n) is 4.37. The summed E-state index contributed by atoms with van der Waals surface area (Å²) in [5, 5.41) is 0.